The Kier molecular flexibility index (Phi) is 3.81. The molecule has 1 spiro atoms. The summed E-state index contributed by atoms with van der Waals surface area (Å²) in [4.78, 5) is 44.1. The molecule has 3 amide bonds. The van der Waals surface area contributed by atoms with Crippen LogP contribution in [-0.2, 0) is 24.7 Å². The van der Waals surface area contributed by atoms with E-state index in [9.17, 15) is 14.4 Å². The molecule has 0 aliphatic carbocycles. The molecule has 0 aromatic heterocycles. The number of nitrogens with one attached hydrogen (secondary N) is 1. The summed E-state index contributed by atoms with van der Waals surface area (Å²) in [5, 5.41) is 3.00. The molecule has 0 unspecified atom stereocenters. The van der Waals surface area contributed by atoms with Crippen LogP contribution in [0.1, 0.15) is 31.2 Å². The zero-order valence-electron chi connectivity index (χ0n) is 15.9. The lowest BCUT2D eigenvalue weighted by Gasteiger charge is -2.37. The van der Waals surface area contributed by atoms with Crippen molar-refractivity contribution in [3.8, 4) is 0 Å². The maximum Gasteiger partial charge on any atom is 0.250 e. The first-order chi connectivity index (χ1) is 14.0. The summed E-state index contributed by atoms with van der Waals surface area (Å²) >= 11 is 3.52. The van der Waals surface area contributed by atoms with Crippen molar-refractivity contribution < 1.29 is 19.1 Å². The van der Waals surface area contributed by atoms with Crippen molar-refractivity contribution in [2.75, 3.05) is 25.0 Å². The molecule has 4 saturated heterocycles. The smallest absolute Gasteiger partial charge is 0.250 e. The summed E-state index contributed by atoms with van der Waals surface area (Å²) in [7, 11) is 0. The SMILES string of the molecule is O=C1[C@H]2[C@@H](C(=O)N1C[C@@H]1CCCO1)[C@@]1(C(=O)Nc3ccc(Br)cc31)N1CCC[C@@H]21. The minimum Gasteiger partial charge on any atom is -0.376 e. The highest BCUT2D eigenvalue weighted by Crippen LogP contribution is 2.60. The monoisotopic (exact) mass is 459 g/mol. The van der Waals surface area contributed by atoms with Crippen LogP contribution in [0.3, 0.4) is 0 Å². The van der Waals surface area contributed by atoms with Gasteiger partial charge in [0.15, 0.2) is 0 Å². The summed E-state index contributed by atoms with van der Waals surface area (Å²) in [6.07, 6.45) is 3.50. The van der Waals surface area contributed by atoms with Gasteiger partial charge >= 0.3 is 0 Å². The Morgan fingerprint density at radius 2 is 2.03 bits per heavy atom. The lowest BCUT2D eigenvalue weighted by molar-refractivity contribution is -0.147. The number of likely N-dealkylation sites (tertiary alicyclic amines) is 1. The van der Waals surface area contributed by atoms with Gasteiger partial charge in [0.1, 0.15) is 5.54 Å². The number of rotatable bonds is 2. The fourth-order valence-electron chi connectivity index (χ4n) is 6.41. The average Bonchev–Trinajstić information content (AvgIpc) is 3.47. The molecular weight excluding hydrogens is 438 g/mol. The van der Waals surface area contributed by atoms with E-state index in [1.807, 2.05) is 18.2 Å². The number of benzene rings is 1. The highest BCUT2D eigenvalue weighted by molar-refractivity contribution is 9.10. The van der Waals surface area contributed by atoms with Crippen LogP contribution in [0.5, 0.6) is 0 Å². The van der Waals surface area contributed by atoms with Crippen molar-refractivity contribution in [1.82, 2.24) is 9.80 Å². The number of ether oxygens (including phenoxy) is 1. The number of hydrogen-bond donors (Lipinski definition) is 1. The van der Waals surface area contributed by atoms with Gasteiger partial charge in [0, 0.05) is 28.4 Å². The van der Waals surface area contributed by atoms with E-state index in [2.05, 4.69) is 26.1 Å². The molecule has 0 saturated carbocycles. The maximum atomic E-state index is 13.6. The summed E-state index contributed by atoms with van der Waals surface area (Å²) in [6.45, 7) is 1.71. The van der Waals surface area contributed by atoms with Gasteiger partial charge < -0.3 is 10.1 Å². The number of halogens is 1. The van der Waals surface area contributed by atoms with E-state index in [0.717, 1.165) is 48.0 Å². The van der Waals surface area contributed by atoms with Crippen molar-refractivity contribution in [3.63, 3.8) is 0 Å². The molecule has 1 aromatic carbocycles. The van der Waals surface area contributed by atoms with Crippen LogP contribution in [0, 0.1) is 11.8 Å². The molecule has 8 heteroatoms. The van der Waals surface area contributed by atoms with Crippen molar-refractivity contribution in [2.24, 2.45) is 11.8 Å². The van der Waals surface area contributed by atoms with E-state index in [4.69, 9.17) is 4.74 Å². The zero-order chi connectivity index (χ0) is 19.9. The minimum absolute atomic E-state index is 0.0679. The van der Waals surface area contributed by atoms with E-state index < -0.39 is 17.4 Å². The van der Waals surface area contributed by atoms with Crippen LogP contribution in [0.4, 0.5) is 5.69 Å². The van der Waals surface area contributed by atoms with Gasteiger partial charge in [-0.25, -0.2) is 0 Å². The van der Waals surface area contributed by atoms with Gasteiger partial charge in [0.2, 0.25) is 17.7 Å². The third-order valence-electron chi connectivity index (χ3n) is 7.46. The van der Waals surface area contributed by atoms with E-state index in [-0.39, 0.29) is 29.9 Å². The second-order valence-electron chi connectivity index (χ2n) is 8.74. The van der Waals surface area contributed by atoms with Crippen molar-refractivity contribution in [2.45, 2.75) is 43.4 Å². The first-order valence-corrected chi connectivity index (χ1v) is 11.2. The first-order valence-electron chi connectivity index (χ1n) is 10.4. The van der Waals surface area contributed by atoms with Crippen LogP contribution in [0.15, 0.2) is 22.7 Å². The predicted molar refractivity (Wildman–Crippen MR) is 107 cm³/mol. The molecule has 1 N–H and O–H groups in total. The lowest BCUT2D eigenvalue weighted by Crippen LogP contribution is -2.54. The molecule has 1 aromatic rings. The Labute approximate surface area is 176 Å². The van der Waals surface area contributed by atoms with Crippen LogP contribution in [-0.4, -0.2) is 59.4 Å². The van der Waals surface area contributed by atoms with Gasteiger partial charge in [-0.05, 0) is 50.4 Å². The normalized spacial score (nSPS) is 38.1. The summed E-state index contributed by atoms with van der Waals surface area (Å²) in [5.41, 5.74) is 0.460. The highest BCUT2D eigenvalue weighted by atomic mass is 79.9. The molecule has 6 rings (SSSR count). The molecule has 5 atom stereocenters. The van der Waals surface area contributed by atoms with Crippen LogP contribution in [0.25, 0.3) is 0 Å². The maximum absolute atomic E-state index is 13.6. The molecule has 0 bridgehead atoms. The van der Waals surface area contributed by atoms with E-state index in [0.29, 0.717) is 13.2 Å². The second-order valence-corrected chi connectivity index (χ2v) is 9.65. The van der Waals surface area contributed by atoms with Crippen LogP contribution < -0.4 is 5.32 Å². The van der Waals surface area contributed by atoms with Crippen LogP contribution >= 0.6 is 15.9 Å². The van der Waals surface area contributed by atoms with Gasteiger partial charge in [-0.2, -0.15) is 0 Å². The number of imide groups is 1. The van der Waals surface area contributed by atoms with Crippen molar-refractivity contribution in [1.29, 1.82) is 0 Å². The molecular formula is C21H22BrN3O4. The third-order valence-corrected chi connectivity index (χ3v) is 7.95. The van der Waals surface area contributed by atoms with Gasteiger partial charge in [0.25, 0.3) is 0 Å². The molecule has 5 heterocycles. The number of amides is 3. The number of fused-ring (bicyclic) bond motifs is 7. The zero-order valence-corrected chi connectivity index (χ0v) is 17.5. The Morgan fingerprint density at radius 1 is 1.17 bits per heavy atom. The first kappa shape index (κ1) is 18.0. The third kappa shape index (κ3) is 2.17. The van der Waals surface area contributed by atoms with Gasteiger partial charge in [0.05, 0.1) is 24.5 Å². The minimum atomic E-state index is -1.09. The van der Waals surface area contributed by atoms with Crippen molar-refractivity contribution in [3.05, 3.63) is 28.2 Å². The fourth-order valence-corrected chi connectivity index (χ4v) is 6.77. The number of anilines is 1. The summed E-state index contributed by atoms with van der Waals surface area (Å²) in [5.74, 6) is -1.64. The summed E-state index contributed by atoms with van der Waals surface area (Å²) < 4.78 is 6.55. The average molecular weight is 460 g/mol. The number of carbonyl (C=O) groups is 3. The van der Waals surface area contributed by atoms with Gasteiger partial charge in [-0.1, -0.05) is 15.9 Å². The Balaban J connectivity index is 1.48. The molecule has 4 fully saturated rings. The number of carbonyl (C=O) groups excluding carboxylic acids is 3. The van der Waals surface area contributed by atoms with Gasteiger partial charge in [-0.15, -0.1) is 0 Å². The van der Waals surface area contributed by atoms with Crippen LogP contribution in [0.2, 0.25) is 0 Å². The molecule has 5 aliphatic rings. The molecule has 152 valence electrons. The Hall–Kier alpha value is -1.77. The van der Waals surface area contributed by atoms with E-state index in [1.54, 1.807) is 0 Å². The Morgan fingerprint density at radius 3 is 2.83 bits per heavy atom. The molecule has 0 radical (unpaired) electrons. The van der Waals surface area contributed by atoms with Gasteiger partial charge in [-0.3, -0.25) is 24.2 Å². The standard InChI is InChI=1S/C21H22BrN3O4/c22-11-5-6-14-13(9-11)21(20(28)23-14)17-16(15-4-1-7-25(15)21)18(26)24(19(17)27)10-12-3-2-8-29-12/h5-6,9,12,15-17H,1-4,7-8,10H2,(H,23,28)/t12-,15-,16+,17-,21-/m0/s1. The van der Waals surface area contributed by atoms with E-state index in [1.165, 1.54) is 4.90 Å². The summed E-state index contributed by atoms with van der Waals surface area (Å²) in [6, 6.07) is 5.63. The molecule has 7 nitrogen and oxygen atoms in total. The predicted octanol–water partition coefficient (Wildman–Crippen LogP) is 1.85. The van der Waals surface area contributed by atoms with E-state index >= 15 is 0 Å². The Bertz CT molecular complexity index is 946. The quantitative estimate of drug-likeness (QED) is 0.682. The number of nitrogens with zero attached hydrogens (tertiary/aromatic N) is 2. The molecule has 29 heavy (non-hydrogen) atoms. The lowest BCUT2D eigenvalue weighted by atomic mass is 9.75. The second kappa shape index (κ2) is 6.12. The fraction of sp³-hybridized carbons (Fsp3) is 0.571. The number of hydrogen-bond acceptors (Lipinski definition) is 5. The van der Waals surface area contributed by atoms with Crippen molar-refractivity contribution >= 4 is 39.3 Å². The topological polar surface area (TPSA) is 78.9 Å². The molecule has 5 aliphatic heterocycles. The largest absolute Gasteiger partial charge is 0.376 e. The highest BCUT2D eigenvalue weighted by Gasteiger charge is 2.74.